The van der Waals surface area contributed by atoms with E-state index >= 15 is 0 Å². The van der Waals surface area contributed by atoms with Gasteiger partial charge in [0.15, 0.2) is 0 Å². The molecular formula is C28H30N4O6S. The Morgan fingerprint density at radius 3 is 2.44 bits per heavy atom. The lowest BCUT2D eigenvalue weighted by Crippen LogP contribution is -2.37. The average Bonchev–Trinajstić information content (AvgIpc) is 3.45. The maximum absolute atomic E-state index is 13.5. The molecule has 1 N–H and O–H groups in total. The van der Waals surface area contributed by atoms with Gasteiger partial charge in [-0.1, -0.05) is 20.8 Å². The van der Waals surface area contributed by atoms with Gasteiger partial charge in [-0.3, -0.25) is 14.9 Å². The van der Waals surface area contributed by atoms with E-state index in [-0.39, 0.29) is 33.0 Å². The molecule has 39 heavy (non-hydrogen) atoms. The Labute approximate surface area is 226 Å². The SMILES string of the molecule is CC1(C)C[C@@H]2C[C@](C)(CN2S(=O)(=O)c2ccc(C(=O)N/N=C\c3ccc(-c4ccc([N+](=O)[O-])cc4)o3)cc2)C1. The predicted octanol–water partition coefficient (Wildman–Crippen LogP) is 5.21. The van der Waals surface area contributed by atoms with Crippen molar-refractivity contribution in [1.29, 1.82) is 0 Å². The number of fused-ring (bicyclic) bond motifs is 2. The summed E-state index contributed by atoms with van der Waals surface area (Å²) in [5, 5.41) is 14.7. The third kappa shape index (κ3) is 5.50. The first-order valence-electron chi connectivity index (χ1n) is 12.7. The normalized spacial score (nSPS) is 22.7. The summed E-state index contributed by atoms with van der Waals surface area (Å²) < 4.78 is 34.2. The zero-order valence-corrected chi connectivity index (χ0v) is 22.8. The number of benzene rings is 2. The number of nitro groups is 1. The Kier molecular flexibility index (Phi) is 6.68. The van der Waals surface area contributed by atoms with Gasteiger partial charge in [-0.25, -0.2) is 13.8 Å². The monoisotopic (exact) mass is 550 g/mol. The molecule has 1 saturated heterocycles. The summed E-state index contributed by atoms with van der Waals surface area (Å²) in [7, 11) is -3.68. The van der Waals surface area contributed by atoms with Crippen LogP contribution in [0.4, 0.5) is 5.69 Å². The topological polar surface area (TPSA) is 135 Å². The van der Waals surface area contributed by atoms with Gasteiger partial charge in [0, 0.05) is 35.8 Å². The van der Waals surface area contributed by atoms with Crippen LogP contribution < -0.4 is 5.43 Å². The van der Waals surface area contributed by atoms with Gasteiger partial charge in [0.2, 0.25) is 10.0 Å². The zero-order chi connectivity index (χ0) is 28.0. The van der Waals surface area contributed by atoms with Crippen LogP contribution in [0.1, 0.15) is 56.2 Å². The van der Waals surface area contributed by atoms with E-state index in [2.05, 4.69) is 31.3 Å². The number of carbonyl (C=O) groups excluding carboxylic acids is 1. The van der Waals surface area contributed by atoms with E-state index in [0.717, 1.165) is 19.3 Å². The van der Waals surface area contributed by atoms with Gasteiger partial charge in [-0.15, -0.1) is 0 Å². The number of nitro benzene ring substituents is 1. The summed E-state index contributed by atoms with van der Waals surface area (Å²) in [5.41, 5.74) is 3.41. The van der Waals surface area contributed by atoms with Crippen molar-refractivity contribution >= 4 is 27.8 Å². The molecule has 2 aromatic carbocycles. The minimum atomic E-state index is -3.68. The van der Waals surface area contributed by atoms with Gasteiger partial charge in [0.1, 0.15) is 11.5 Å². The Morgan fingerprint density at radius 2 is 1.77 bits per heavy atom. The molecule has 204 valence electrons. The molecule has 0 spiro atoms. The van der Waals surface area contributed by atoms with Crippen LogP contribution >= 0.6 is 0 Å². The van der Waals surface area contributed by atoms with Crippen molar-refractivity contribution in [3.8, 4) is 11.3 Å². The molecule has 1 saturated carbocycles. The lowest BCUT2D eigenvalue weighted by Gasteiger charge is -2.39. The second-order valence-corrected chi connectivity index (χ2v) is 13.4. The highest BCUT2D eigenvalue weighted by molar-refractivity contribution is 7.89. The molecule has 2 aliphatic rings. The fraction of sp³-hybridized carbons (Fsp3) is 0.357. The largest absolute Gasteiger partial charge is 0.455 e. The molecule has 0 radical (unpaired) electrons. The maximum atomic E-state index is 13.5. The van der Waals surface area contributed by atoms with Crippen molar-refractivity contribution in [1.82, 2.24) is 9.73 Å². The smallest absolute Gasteiger partial charge is 0.271 e. The number of furan rings is 1. The third-order valence-corrected chi connectivity index (χ3v) is 9.35. The average molecular weight is 551 g/mol. The third-order valence-electron chi connectivity index (χ3n) is 7.44. The second-order valence-electron chi connectivity index (χ2n) is 11.5. The Hall–Kier alpha value is -3.83. The maximum Gasteiger partial charge on any atom is 0.271 e. The molecule has 1 aromatic heterocycles. The number of hydrazone groups is 1. The highest BCUT2D eigenvalue weighted by Gasteiger charge is 2.53. The van der Waals surface area contributed by atoms with Crippen LogP contribution in [-0.4, -0.2) is 42.4 Å². The molecule has 1 aliphatic carbocycles. The minimum absolute atomic E-state index is 0.0106. The number of non-ortho nitro benzene ring substituents is 1. The summed E-state index contributed by atoms with van der Waals surface area (Å²) in [4.78, 5) is 23.1. The van der Waals surface area contributed by atoms with Crippen LogP contribution in [0.25, 0.3) is 11.3 Å². The number of amides is 1. The first-order valence-corrected chi connectivity index (χ1v) is 14.1. The molecule has 10 nitrogen and oxygen atoms in total. The first kappa shape index (κ1) is 26.8. The molecule has 1 amide bonds. The summed E-state index contributed by atoms with van der Waals surface area (Å²) in [6.07, 6.45) is 4.04. The molecule has 2 heterocycles. The van der Waals surface area contributed by atoms with E-state index < -0.39 is 20.9 Å². The Balaban J connectivity index is 1.21. The van der Waals surface area contributed by atoms with Crippen molar-refractivity contribution in [2.45, 2.75) is 51.0 Å². The first-order chi connectivity index (χ1) is 18.4. The minimum Gasteiger partial charge on any atom is -0.455 e. The molecule has 5 rings (SSSR count). The highest BCUT2D eigenvalue weighted by atomic mass is 32.2. The van der Waals surface area contributed by atoms with Crippen molar-refractivity contribution in [3.63, 3.8) is 0 Å². The van der Waals surface area contributed by atoms with Crippen LogP contribution in [0, 0.1) is 20.9 Å². The van der Waals surface area contributed by atoms with Crippen molar-refractivity contribution < 1.29 is 22.6 Å². The van der Waals surface area contributed by atoms with E-state index in [9.17, 15) is 23.3 Å². The number of hydrogen-bond donors (Lipinski definition) is 1. The van der Waals surface area contributed by atoms with E-state index in [0.29, 0.717) is 23.6 Å². The van der Waals surface area contributed by atoms with Gasteiger partial charge in [-0.2, -0.15) is 9.41 Å². The molecule has 2 atom stereocenters. The fourth-order valence-corrected chi connectivity index (χ4v) is 7.92. The van der Waals surface area contributed by atoms with Gasteiger partial charge in [0.25, 0.3) is 11.6 Å². The number of sulfonamides is 1. The quantitative estimate of drug-likeness (QED) is 0.244. The van der Waals surface area contributed by atoms with Gasteiger partial charge >= 0.3 is 0 Å². The van der Waals surface area contributed by atoms with E-state index in [1.165, 1.54) is 42.6 Å². The van der Waals surface area contributed by atoms with E-state index in [1.54, 1.807) is 28.6 Å². The highest BCUT2D eigenvalue weighted by Crippen LogP contribution is 2.53. The number of carbonyl (C=O) groups is 1. The van der Waals surface area contributed by atoms with Crippen LogP contribution in [0.3, 0.4) is 0 Å². The van der Waals surface area contributed by atoms with Crippen LogP contribution in [0.15, 0.2) is 75.1 Å². The number of rotatable bonds is 7. The summed E-state index contributed by atoms with van der Waals surface area (Å²) in [5.74, 6) is 0.371. The molecule has 1 aliphatic heterocycles. The van der Waals surface area contributed by atoms with Crippen LogP contribution in [-0.2, 0) is 10.0 Å². The fourth-order valence-electron chi connectivity index (χ4n) is 6.15. The summed E-state index contributed by atoms with van der Waals surface area (Å²) >= 11 is 0. The number of hydrogen-bond acceptors (Lipinski definition) is 7. The molecule has 0 unspecified atom stereocenters. The summed E-state index contributed by atoms with van der Waals surface area (Å²) in [6, 6.07) is 15.2. The number of nitrogens with one attached hydrogen (secondary N) is 1. The Morgan fingerprint density at radius 1 is 1.08 bits per heavy atom. The van der Waals surface area contributed by atoms with Gasteiger partial charge in [0.05, 0.1) is 16.0 Å². The van der Waals surface area contributed by atoms with E-state index in [1.807, 2.05) is 0 Å². The van der Waals surface area contributed by atoms with E-state index in [4.69, 9.17) is 4.42 Å². The standard InChI is InChI=1S/C28H30N4O6S/c1-27(2)14-22-15-28(3,17-27)18-31(22)39(36,37)24-11-6-20(7-12-24)26(33)30-29-16-23-10-13-25(38-23)19-4-8-21(9-5-19)32(34)35/h4-13,16,22H,14-15,17-18H2,1-3H3,(H,30,33)/b29-16-/t22-,28+/m1/s1. The zero-order valence-electron chi connectivity index (χ0n) is 22.0. The lowest BCUT2D eigenvalue weighted by molar-refractivity contribution is -0.384. The van der Waals surface area contributed by atoms with Gasteiger partial charge in [-0.05, 0) is 78.6 Å². The predicted molar refractivity (Wildman–Crippen MR) is 146 cm³/mol. The van der Waals surface area contributed by atoms with Crippen molar-refractivity contribution in [2.24, 2.45) is 15.9 Å². The molecular weight excluding hydrogens is 520 g/mol. The number of nitrogens with zero attached hydrogens (tertiary/aromatic N) is 3. The lowest BCUT2D eigenvalue weighted by atomic mass is 9.65. The van der Waals surface area contributed by atoms with Crippen LogP contribution in [0.2, 0.25) is 0 Å². The molecule has 2 fully saturated rings. The molecule has 11 heteroatoms. The molecule has 3 aromatic rings. The van der Waals surface area contributed by atoms with Crippen LogP contribution in [0.5, 0.6) is 0 Å². The van der Waals surface area contributed by atoms with Crippen molar-refractivity contribution in [2.75, 3.05) is 6.54 Å². The van der Waals surface area contributed by atoms with Crippen molar-refractivity contribution in [3.05, 3.63) is 82.1 Å². The molecule has 2 bridgehead atoms. The van der Waals surface area contributed by atoms with Gasteiger partial charge < -0.3 is 4.42 Å². The second kappa shape index (κ2) is 9.73. The summed E-state index contributed by atoms with van der Waals surface area (Å²) in [6.45, 7) is 7.09. The Bertz CT molecular complexity index is 1540.